The molecule has 0 heterocycles. The zero-order valence-corrected chi connectivity index (χ0v) is 17.4. The summed E-state index contributed by atoms with van der Waals surface area (Å²) < 4.78 is 31.6. The molecule has 0 unspecified atom stereocenters. The highest BCUT2D eigenvalue weighted by molar-refractivity contribution is 7.89. The summed E-state index contributed by atoms with van der Waals surface area (Å²) in [5.41, 5.74) is 2.21. The van der Waals surface area contributed by atoms with E-state index in [9.17, 15) is 13.2 Å². The number of aryl methyl sites for hydroxylation is 1. The van der Waals surface area contributed by atoms with Crippen LogP contribution in [0, 0.1) is 0 Å². The summed E-state index contributed by atoms with van der Waals surface area (Å²) in [6.45, 7) is -0.257. The van der Waals surface area contributed by atoms with E-state index in [-0.39, 0.29) is 23.4 Å². The molecule has 28 heavy (non-hydrogen) atoms. The van der Waals surface area contributed by atoms with Gasteiger partial charge in [0.2, 0.25) is 15.9 Å². The van der Waals surface area contributed by atoms with Crippen LogP contribution in [0.2, 0.25) is 5.02 Å². The van der Waals surface area contributed by atoms with Crippen molar-refractivity contribution < 1.29 is 17.9 Å². The number of fused-ring (bicyclic) bond motifs is 1. The number of likely N-dealkylation sites (N-methyl/N-ethyl adjacent to an activating group) is 1. The molecule has 1 amide bonds. The first-order valence-electron chi connectivity index (χ1n) is 8.99. The molecule has 150 valence electrons. The molecule has 0 radical (unpaired) electrons. The van der Waals surface area contributed by atoms with Gasteiger partial charge >= 0.3 is 0 Å². The molecule has 1 N–H and O–H groups in total. The molecule has 0 saturated carbocycles. The van der Waals surface area contributed by atoms with Gasteiger partial charge in [0.05, 0.1) is 24.6 Å². The van der Waals surface area contributed by atoms with Gasteiger partial charge in [-0.3, -0.25) is 4.79 Å². The lowest BCUT2D eigenvalue weighted by Gasteiger charge is -2.27. The summed E-state index contributed by atoms with van der Waals surface area (Å²) in [5.74, 6) is 0.452. The average Bonchev–Trinajstić information content (AvgIpc) is 2.68. The van der Waals surface area contributed by atoms with Gasteiger partial charge in [-0.2, -0.15) is 4.31 Å². The van der Waals surface area contributed by atoms with E-state index in [1.54, 1.807) is 7.11 Å². The highest BCUT2D eigenvalue weighted by Gasteiger charge is 2.26. The van der Waals surface area contributed by atoms with Crippen LogP contribution in [0.25, 0.3) is 0 Å². The Balaban J connectivity index is 1.68. The number of nitrogens with one attached hydrogen (secondary N) is 1. The number of hydrogen-bond donors (Lipinski definition) is 1. The lowest BCUT2D eigenvalue weighted by atomic mass is 9.87. The molecule has 0 aromatic heterocycles. The molecule has 1 aliphatic rings. The van der Waals surface area contributed by atoms with Gasteiger partial charge in [0, 0.05) is 12.1 Å². The van der Waals surface area contributed by atoms with Gasteiger partial charge in [-0.15, -0.1) is 0 Å². The first-order valence-corrected chi connectivity index (χ1v) is 10.8. The maximum absolute atomic E-state index is 12.6. The second-order valence-corrected chi connectivity index (χ2v) is 9.27. The predicted octanol–water partition coefficient (Wildman–Crippen LogP) is 3.16. The summed E-state index contributed by atoms with van der Waals surface area (Å²) >= 11 is 5.81. The standard InChI is InChI=1S/C20H23ClN2O4S/c1-23(28(25,26)17-9-6-15(21)7-10-17)13-20(24)22-19-5-3-4-14-12-16(27-2)8-11-18(14)19/h6-12,19H,3-5,13H2,1-2H3,(H,22,24)/t19-/m0/s1. The second kappa shape index (κ2) is 8.51. The van der Waals surface area contributed by atoms with Crippen LogP contribution in [0.3, 0.4) is 0 Å². The van der Waals surface area contributed by atoms with Crippen LogP contribution in [0.1, 0.15) is 30.0 Å². The molecule has 8 heteroatoms. The van der Waals surface area contributed by atoms with Gasteiger partial charge in [0.1, 0.15) is 5.75 Å². The lowest BCUT2D eigenvalue weighted by molar-refractivity contribution is -0.122. The molecule has 0 fully saturated rings. The largest absolute Gasteiger partial charge is 0.497 e. The number of methoxy groups -OCH3 is 1. The number of benzene rings is 2. The third-order valence-electron chi connectivity index (χ3n) is 4.89. The highest BCUT2D eigenvalue weighted by atomic mass is 35.5. The predicted molar refractivity (Wildman–Crippen MR) is 108 cm³/mol. The lowest BCUT2D eigenvalue weighted by Crippen LogP contribution is -2.40. The van der Waals surface area contributed by atoms with Gasteiger partial charge in [-0.1, -0.05) is 17.7 Å². The molecule has 1 aliphatic carbocycles. The van der Waals surface area contributed by atoms with Gasteiger partial charge in [0.15, 0.2) is 0 Å². The topological polar surface area (TPSA) is 75.7 Å². The number of carbonyl (C=O) groups excluding carboxylic acids is 1. The fraction of sp³-hybridized carbons (Fsp3) is 0.350. The van der Waals surface area contributed by atoms with E-state index >= 15 is 0 Å². The summed E-state index contributed by atoms with van der Waals surface area (Å²) in [6, 6.07) is 11.6. The van der Waals surface area contributed by atoms with Crippen LogP contribution in [-0.4, -0.2) is 39.3 Å². The quantitative estimate of drug-likeness (QED) is 0.775. The Morgan fingerprint density at radius 3 is 2.64 bits per heavy atom. The molecular weight excluding hydrogens is 400 g/mol. The van der Waals surface area contributed by atoms with Crippen molar-refractivity contribution in [3.05, 3.63) is 58.6 Å². The third kappa shape index (κ3) is 4.48. The molecule has 0 spiro atoms. The van der Waals surface area contributed by atoms with E-state index in [2.05, 4.69) is 5.32 Å². The van der Waals surface area contributed by atoms with Gasteiger partial charge < -0.3 is 10.1 Å². The highest BCUT2D eigenvalue weighted by Crippen LogP contribution is 2.32. The number of amides is 1. The summed E-state index contributed by atoms with van der Waals surface area (Å²) in [6.07, 6.45) is 2.70. The molecule has 3 rings (SSSR count). The van der Waals surface area contributed by atoms with E-state index in [1.807, 2.05) is 18.2 Å². The number of ether oxygens (including phenoxy) is 1. The Morgan fingerprint density at radius 1 is 1.25 bits per heavy atom. The number of sulfonamides is 1. The maximum atomic E-state index is 12.6. The number of nitrogens with zero attached hydrogens (tertiary/aromatic N) is 1. The van der Waals surface area contributed by atoms with Crippen molar-refractivity contribution in [3.63, 3.8) is 0 Å². The van der Waals surface area contributed by atoms with E-state index in [0.717, 1.165) is 40.4 Å². The fourth-order valence-corrected chi connectivity index (χ4v) is 4.63. The van der Waals surface area contributed by atoms with Crippen molar-refractivity contribution in [2.75, 3.05) is 20.7 Å². The number of carbonyl (C=O) groups is 1. The summed E-state index contributed by atoms with van der Waals surface area (Å²) in [4.78, 5) is 12.6. The molecule has 6 nitrogen and oxygen atoms in total. The van der Waals surface area contributed by atoms with Gasteiger partial charge in [0.25, 0.3) is 0 Å². The summed E-state index contributed by atoms with van der Waals surface area (Å²) in [7, 11) is -0.746. The third-order valence-corrected chi connectivity index (χ3v) is 6.96. The van der Waals surface area contributed by atoms with Crippen LogP contribution in [-0.2, 0) is 21.2 Å². The van der Waals surface area contributed by atoms with Crippen molar-refractivity contribution in [3.8, 4) is 5.75 Å². The maximum Gasteiger partial charge on any atom is 0.243 e. The molecule has 1 atom stereocenters. The molecule has 0 aliphatic heterocycles. The number of rotatable bonds is 6. The zero-order valence-electron chi connectivity index (χ0n) is 15.8. The van der Waals surface area contributed by atoms with Gasteiger partial charge in [-0.05, 0) is 66.8 Å². The van der Waals surface area contributed by atoms with Crippen LogP contribution >= 0.6 is 11.6 Å². The minimum Gasteiger partial charge on any atom is -0.497 e. The second-order valence-electron chi connectivity index (χ2n) is 6.79. The van der Waals surface area contributed by atoms with Crippen molar-refractivity contribution in [2.45, 2.75) is 30.2 Å². The molecule has 2 aromatic rings. The summed E-state index contributed by atoms with van der Waals surface area (Å²) in [5, 5.41) is 3.42. The minimum absolute atomic E-state index is 0.0994. The molecule has 0 saturated heterocycles. The van der Waals surface area contributed by atoms with Crippen molar-refractivity contribution in [1.29, 1.82) is 0 Å². The van der Waals surface area contributed by atoms with E-state index in [1.165, 1.54) is 31.3 Å². The van der Waals surface area contributed by atoms with Crippen molar-refractivity contribution in [1.82, 2.24) is 9.62 Å². The molecule has 0 bridgehead atoms. The van der Waals surface area contributed by atoms with E-state index < -0.39 is 10.0 Å². The Morgan fingerprint density at radius 2 is 1.96 bits per heavy atom. The van der Waals surface area contributed by atoms with Crippen LogP contribution in [0.15, 0.2) is 47.4 Å². The first kappa shape index (κ1) is 20.6. The Hall–Kier alpha value is -2.09. The Bertz CT molecular complexity index is 961. The first-order chi connectivity index (χ1) is 13.3. The van der Waals surface area contributed by atoms with Crippen molar-refractivity contribution >= 4 is 27.5 Å². The minimum atomic E-state index is -3.76. The monoisotopic (exact) mass is 422 g/mol. The number of halogens is 1. The fourth-order valence-electron chi connectivity index (χ4n) is 3.38. The average molecular weight is 423 g/mol. The smallest absolute Gasteiger partial charge is 0.243 e. The molecule has 2 aromatic carbocycles. The van der Waals surface area contributed by atoms with E-state index in [0.29, 0.717) is 5.02 Å². The number of hydrogen-bond acceptors (Lipinski definition) is 4. The Labute approximate surface area is 170 Å². The van der Waals surface area contributed by atoms with E-state index in [4.69, 9.17) is 16.3 Å². The van der Waals surface area contributed by atoms with Crippen LogP contribution < -0.4 is 10.1 Å². The van der Waals surface area contributed by atoms with Crippen LogP contribution in [0.5, 0.6) is 5.75 Å². The van der Waals surface area contributed by atoms with Crippen LogP contribution in [0.4, 0.5) is 0 Å². The zero-order chi connectivity index (χ0) is 20.3. The molecular formula is C20H23ClN2O4S. The van der Waals surface area contributed by atoms with Gasteiger partial charge in [-0.25, -0.2) is 8.42 Å². The van der Waals surface area contributed by atoms with Crippen molar-refractivity contribution in [2.24, 2.45) is 0 Å². The normalized spacial score (nSPS) is 16.5. The Kier molecular flexibility index (Phi) is 6.27. The SMILES string of the molecule is COc1ccc2c(c1)CCC[C@@H]2NC(=O)CN(C)S(=O)(=O)c1ccc(Cl)cc1.